The van der Waals surface area contributed by atoms with E-state index in [0.29, 0.717) is 29.0 Å². The van der Waals surface area contributed by atoms with Crippen molar-refractivity contribution in [3.8, 4) is 11.1 Å². The number of rotatable bonds is 7. The molecule has 9 nitrogen and oxygen atoms in total. The standard InChI is InChI=1S/C24H23N5O4S3/c25-29-23(31)21-19(16-6-2-1-3-7-16)14-34-22(21)27-24(29)35-15-20(30)26-17-8-10-18(11-9-17)36(32,33)28-12-4-5-13-28/h1-3,6-11,14H,4-5,12-13,15,25H2,(H,26,30). The number of carbonyl (C=O) groups excluding carboxylic acids is 1. The first kappa shape index (κ1) is 24.5. The SMILES string of the molecule is Nn1c(SCC(=O)Nc2ccc(S(=O)(=O)N3CCCC3)cc2)nc2scc(-c3ccccc3)c2c1=O. The highest BCUT2D eigenvalue weighted by atomic mass is 32.2. The quantitative estimate of drug-likeness (QED) is 0.209. The molecule has 0 spiro atoms. The highest BCUT2D eigenvalue weighted by Gasteiger charge is 2.27. The van der Waals surface area contributed by atoms with Crippen LogP contribution in [0.5, 0.6) is 0 Å². The van der Waals surface area contributed by atoms with Crippen LogP contribution in [0.3, 0.4) is 0 Å². The molecule has 186 valence electrons. The number of anilines is 1. The minimum atomic E-state index is -3.51. The van der Waals surface area contributed by atoms with Gasteiger partial charge in [0.1, 0.15) is 4.83 Å². The van der Waals surface area contributed by atoms with Crippen molar-refractivity contribution in [1.82, 2.24) is 14.0 Å². The maximum atomic E-state index is 13.0. The molecule has 0 aliphatic carbocycles. The van der Waals surface area contributed by atoms with E-state index in [-0.39, 0.29) is 27.3 Å². The van der Waals surface area contributed by atoms with Gasteiger partial charge in [-0.25, -0.2) is 18.1 Å². The van der Waals surface area contributed by atoms with E-state index < -0.39 is 10.0 Å². The van der Waals surface area contributed by atoms with Crippen LogP contribution in [0.4, 0.5) is 5.69 Å². The number of fused-ring (bicyclic) bond motifs is 1. The Morgan fingerprint density at radius 3 is 2.47 bits per heavy atom. The number of aromatic nitrogens is 2. The average molecular weight is 542 g/mol. The molecule has 5 rings (SSSR count). The number of thiophene rings is 1. The predicted molar refractivity (Wildman–Crippen MR) is 143 cm³/mol. The Labute approximate surface area is 216 Å². The third-order valence-electron chi connectivity index (χ3n) is 5.87. The third-order valence-corrected chi connectivity index (χ3v) is 9.60. The van der Waals surface area contributed by atoms with Gasteiger partial charge in [-0.3, -0.25) is 9.59 Å². The van der Waals surface area contributed by atoms with Crippen molar-refractivity contribution in [3.05, 3.63) is 70.3 Å². The molecule has 0 radical (unpaired) electrons. The molecule has 0 unspecified atom stereocenters. The maximum absolute atomic E-state index is 13.0. The van der Waals surface area contributed by atoms with Gasteiger partial charge in [0.25, 0.3) is 5.56 Å². The van der Waals surface area contributed by atoms with Crippen LogP contribution in [0.2, 0.25) is 0 Å². The summed E-state index contributed by atoms with van der Waals surface area (Å²) >= 11 is 2.40. The number of hydrogen-bond donors (Lipinski definition) is 2. The molecule has 3 heterocycles. The van der Waals surface area contributed by atoms with Gasteiger partial charge in [-0.1, -0.05) is 42.1 Å². The first-order chi connectivity index (χ1) is 17.3. The summed E-state index contributed by atoms with van der Waals surface area (Å²) in [7, 11) is -3.51. The Morgan fingerprint density at radius 2 is 1.78 bits per heavy atom. The van der Waals surface area contributed by atoms with Crippen molar-refractivity contribution >= 4 is 54.9 Å². The predicted octanol–water partition coefficient (Wildman–Crippen LogP) is 3.35. The van der Waals surface area contributed by atoms with E-state index in [2.05, 4.69) is 10.3 Å². The highest BCUT2D eigenvalue weighted by Crippen LogP contribution is 2.31. The van der Waals surface area contributed by atoms with Gasteiger partial charge in [0, 0.05) is 29.7 Å². The summed E-state index contributed by atoms with van der Waals surface area (Å²) < 4.78 is 27.7. The molecular formula is C24H23N5O4S3. The number of nitrogens with two attached hydrogens (primary N) is 1. The Balaban J connectivity index is 1.27. The monoisotopic (exact) mass is 541 g/mol. The summed E-state index contributed by atoms with van der Waals surface area (Å²) in [5.41, 5.74) is 1.77. The lowest BCUT2D eigenvalue weighted by Crippen LogP contribution is -2.30. The van der Waals surface area contributed by atoms with E-state index >= 15 is 0 Å². The summed E-state index contributed by atoms with van der Waals surface area (Å²) in [5, 5.41) is 5.30. The molecule has 0 bridgehead atoms. The summed E-state index contributed by atoms with van der Waals surface area (Å²) in [4.78, 5) is 30.8. The molecule has 36 heavy (non-hydrogen) atoms. The first-order valence-electron chi connectivity index (χ1n) is 11.2. The zero-order valence-corrected chi connectivity index (χ0v) is 21.5. The molecule has 0 saturated carbocycles. The van der Waals surface area contributed by atoms with Gasteiger partial charge >= 0.3 is 0 Å². The fraction of sp³-hybridized carbons (Fsp3) is 0.208. The molecule has 1 aliphatic rings. The minimum absolute atomic E-state index is 0.0279. The van der Waals surface area contributed by atoms with Gasteiger partial charge in [0.05, 0.1) is 16.0 Å². The number of sulfonamides is 1. The van der Waals surface area contributed by atoms with E-state index in [1.807, 2.05) is 35.7 Å². The average Bonchev–Trinajstić information content (AvgIpc) is 3.57. The Kier molecular flexibility index (Phi) is 6.84. The lowest BCUT2D eigenvalue weighted by molar-refractivity contribution is -0.113. The van der Waals surface area contributed by atoms with E-state index in [1.54, 1.807) is 12.1 Å². The zero-order valence-electron chi connectivity index (χ0n) is 19.1. The molecule has 3 N–H and O–H groups in total. The van der Waals surface area contributed by atoms with Crippen LogP contribution >= 0.6 is 23.1 Å². The summed E-state index contributed by atoms with van der Waals surface area (Å²) in [6, 6.07) is 15.6. The fourth-order valence-corrected chi connectivity index (χ4v) is 7.25. The number of nitrogens with zero attached hydrogens (tertiary/aromatic N) is 3. The zero-order chi connectivity index (χ0) is 25.3. The molecule has 1 saturated heterocycles. The normalized spacial score (nSPS) is 14.3. The van der Waals surface area contributed by atoms with E-state index in [4.69, 9.17) is 5.84 Å². The number of amides is 1. The van der Waals surface area contributed by atoms with Gasteiger partial charge in [-0.15, -0.1) is 11.3 Å². The molecule has 4 aromatic rings. The Morgan fingerprint density at radius 1 is 1.08 bits per heavy atom. The van der Waals surface area contributed by atoms with Crippen LogP contribution in [0.25, 0.3) is 21.3 Å². The second-order valence-electron chi connectivity index (χ2n) is 8.24. The van der Waals surface area contributed by atoms with E-state index in [9.17, 15) is 18.0 Å². The number of nitrogen functional groups attached to an aromatic ring is 1. The van der Waals surface area contributed by atoms with Crippen molar-refractivity contribution < 1.29 is 13.2 Å². The lowest BCUT2D eigenvalue weighted by Gasteiger charge is -2.15. The molecule has 2 aromatic carbocycles. The van der Waals surface area contributed by atoms with Crippen molar-refractivity contribution in [2.24, 2.45) is 0 Å². The van der Waals surface area contributed by atoms with Crippen LogP contribution in [-0.4, -0.2) is 47.1 Å². The molecule has 12 heteroatoms. The molecule has 2 aromatic heterocycles. The van der Waals surface area contributed by atoms with Crippen molar-refractivity contribution in [2.75, 3.05) is 30.0 Å². The summed E-state index contributed by atoms with van der Waals surface area (Å²) in [6.07, 6.45) is 1.73. The number of hydrogen-bond acceptors (Lipinski definition) is 8. The van der Waals surface area contributed by atoms with Crippen LogP contribution in [0.1, 0.15) is 12.8 Å². The molecule has 1 fully saturated rings. The number of carbonyl (C=O) groups is 1. The largest absolute Gasteiger partial charge is 0.334 e. The molecule has 0 atom stereocenters. The maximum Gasteiger partial charge on any atom is 0.282 e. The first-order valence-corrected chi connectivity index (χ1v) is 14.5. The molecule has 1 aliphatic heterocycles. The number of thioether (sulfide) groups is 1. The molecule has 1 amide bonds. The van der Waals surface area contributed by atoms with E-state index in [1.165, 1.54) is 27.8 Å². The van der Waals surface area contributed by atoms with Crippen molar-refractivity contribution in [1.29, 1.82) is 0 Å². The van der Waals surface area contributed by atoms with Gasteiger partial charge in [-0.2, -0.15) is 4.31 Å². The second kappa shape index (κ2) is 10.1. The summed E-state index contributed by atoms with van der Waals surface area (Å²) in [6.45, 7) is 1.06. The van der Waals surface area contributed by atoms with Crippen LogP contribution in [-0.2, 0) is 14.8 Å². The smallest absolute Gasteiger partial charge is 0.282 e. The third kappa shape index (κ3) is 4.76. The van der Waals surface area contributed by atoms with Gasteiger partial charge in [-0.05, 0) is 42.7 Å². The molecular weight excluding hydrogens is 518 g/mol. The van der Waals surface area contributed by atoms with Crippen molar-refractivity contribution in [2.45, 2.75) is 22.9 Å². The fourth-order valence-electron chi connectivity index (χ4n) is 4.03. The minimum Gasteiger partial charge on any atom is -0.334 e. The van der Waals surface area contributed by atoms with Gasteiger partial charge < -0.3 is 11.2 Å². The topological polar surface area (TPSA) is 127 Å². The number of nitrogens with one attached hydrogen (secondary N) is 1. The highest BCUT2D eigenvalue weighted by molar-refractivity contribution is 7.99. The van der Waals surface area contributed by atoms with Crippen LogP contribution < -0.4 is 16.7 Å². The van der Waals surface area contributed by atoms with E-state index in [0.717, 1.165) is 40.4 Å². The van der Waals surface area contributed by atoms with Gasteiger partial charge in [0.15, 0.2) is 5.16 Å². The Hall–Kier alpha value is -3.19. The lowest BCUT2D eigenvalue weighted by atomic mass is 10.1. The second-order valence-corrected chi connectivity index (χ2v) is 12.0. The van der Waals surface area contributed by atoms with Crippen LogP contribution in [0.15, 0.2) is 74.8 Å². The van der Waals surface area contributed by atoms with Crippen molar-refractivity contribution in [3.63, 3.8) is 0 Å². The summed E-state index contributed by atoms with van der Waals surface area (Å²) in [5.74, 6) is 5.68. The van der Waals surface area contributed by atoms with Crippen LogP contribution in [0, 0.1) is 0 Å². The number of benzene rings is 2. The van der Waals surface area contributed by atoms with Gasteiger partial charge in [0.2, 0.25) is 15.9 Å². The Bertz CT molecular complexity index is 1580.